The highest BCUT2D eigenvalue weighted by molar-refractivity contribution is 5.83. The van der Waals surface area contributed by atoms with Gasteiger partial charge in [-0.05, 0) is 13.0 Å². The molecule has 21 heavy (non-hydrogen) atoms. The van der Waals surface area contributed by atoms with Crippen LogP contribution in [-0.2, 0) is 0 Å². The molecule has 3 aromatic rings. The molecule has 0 fully saturated rings. The van der Waals surface area contributed by atoms with Crippen LogP contribution in [0.4, 0.5) is 16.2 Å². The summed E-state index contributed by atoms with van der Waals surface area (Å²) in [6.45, 7) is 1.88. The van der Waals surface area contributed by atoms with E-state index in [4.69, 9.17) is 0 Å². The summed E-state index contributed by atoms with van der Waals surface area (Å²) in [5.74, 6) is 0.789. The van der Waals surface area contributed by atoms with E-state index in [1.165, 1.54) is 6.07 Å². The van der Waals surface area contributed by atoms with Gasteiger partial charge in [0.05, 0.1) is 12.4 Å². The number of fused-ring (bicyclic) bond motifs is 1. The van der Waals surface area contributed by atoms with Gasteiger partial charge in [0, 0.05) is 12.6 Å². The summed E-state index contributed by atoms with van der Waals surface area (Å²) in [7, 11) is 1.73. The van der Waals surface area contributed by atoms with Crippen molar-refractivity contribution in [2.75, 3.05) is 17.7 Å². The molecule has 7 heteroatoms. The minimum atomic E-state index is -0.249. The fraction of sp³-hybridized carbons (Fsp3) is 0.214. The number of imidazole rings is 1. The summed E-state index contributed by atoms with van der Waals surface area (Å²) in [4.78, 5) is 15.7. The van der Waals surface area contributed by atoms with Crippen molar-refractivity contribution in [1.29, 1.82) is 0 Å². The van der Waals surface area contributed by atoms with E-state index in [1.807, 2.05) is 6.92 Å². The predicted molar refractivity (Wildman–Crippen MR) is 79.7 cm³/mol. The lowest BCUT2D eigenvalue weighted by atomic mass is 10.1. The van der Waals surface area contributed by atoms with Crippen molar-refractivity contribution in [3.05, 3.63) is 42.0 Å². The fourth-order valence-corrected chi connectivity index (χ4v) is 2.16. The van der Waals surface area contributed by atoms with Crippen molar-refractivity contribution in [2.45, 2.75) is 13.0 Å². The van der Waals surface area contributed by atoms with Crippen LogP contribution in [0, 0.1) is 5.82 Å². The Hall–Kier alpha value is -2.70. The Morgan fingerprint density at radius 1 is 1.24 bits per heavy atom. The van der Waals surface area contributed by atoms with E-state index in [0.29, 0.717) is 28.5 Å². The molecule has 1 atom stereocenters. The minimum Gasteiger partial charge on any atom is -0.361 e. The van der Waals surface area contributed by atoms with Crippen molar-refractivity contribution in [1.82, 2.24) is 19.9 Å². The molecule has 0 saturated heterocycles. The quantitative estimate of drug-likeness (QED) is 0.687. The van der Waals surface area contributed by atoms with Gasteiger partial charge in [0.15, 0.2) is 11.5 Å². The second kappa shape index (κ2) is 5.35. The first-order valence-corrected chi connectivity index (χ1v) is 6.59. The minimum absolute atomic E-state index is 0.239. The van der Waals surface area contributed by atoms with E-state index >= 15 is 0 Å². The highest BCUT2D eigenvalue weighted by atomic mass is 19.1. The molecule has 0 aliphatic rings. The third-order valence-corrected chi connectivity index (χ3v) is 3.23. The Labute approximate surface area is 120 Å². The highest BCUT2D eigenvalue weighted by Crippen LogP contribution is 2.25. The number of benzene rings is 1. The molecule has 2 heterocycles. The Morgan fingerprint density at radius 3 is 2.81 bits per heavy atom. The Morgan fingerprint density at radius 2 is 2.05 bits per heavy atom. The molecule has 0 spiro atoms. The average molecular weight is 286 g/mol. The summed E-state index contributed by atoms with van der Waals surface area (Å²) in [6, 6.07) is 6.43. The number of aromatic nitrogens is 4. The summed E-state index contributed by atoms with van der Waals surface area (Å²) in [5.41, 5.74) is 1.82. The molecule has 0 aliphatic heterocycles. The molecule has 0 bridgehead atoms. The lowest BCUT2D eigenvalue weighted by molar-refractivity contribution is 0.600. The SMILES string of the molecule is CNc1nc(NC(C)c2ccccc2F)c2[nH]cnc2n1. The molecular weight excluding hydrogens is 271 g/mol. The maximum absolute atomic E-state index is 13.8. The van der Waals surface area contributed by atoms with Gasteiger partial charge < -0.3 is 15.6 Å². The number of nitrogens with one attached hydrogen (secondary N) is 3. The van der Waals surface area contributed by atoms with Crippen molar-refractivity contribution < 1.29 is 4.39 Å². The zero-order valence-corrected chi connectivity index (χ0v) is 11.7. The standard InChI is InChI=1S/C14H15FN6/c1-8(9-5-3-4-6-10(9)15)19-13-11-12(18-7-17-11)20-14(16-2)21-13/h3-8H,1-2H3,(H3,16,17,18,19,20,21). The van der Waals surface area contributed by atoms with Gasteiger partial charge >= 0.3 is 0 Å². The second-order valence-corrected chi connectivity index (χ2v) is 4.63. The van der Waals surface area contributed by atoms with Gasteiger partial charge in [-0.2, -0.15) is 9.97 Å². The van der Waals surface area contributed by atoms with Crippen molar-refractivity contribution in [2.24, 2.45) is 0 Å². The zero-order valence-electron chi connectivity index (χ0n) is 11.7. The Kier molecular flexibility index (Phi) is 3.39. The molecule has 0 aliphatic carbocycles. The van der Waals surface area contributed by atoms with Crippen LogP contribution in [0.3, 0.4) is 0 Å². The number of hydrogen-bond acceptors (Lipinski definition) is 5. The third kappa shape index (κ3) is 2.49. The molecular formula is C14H15FN6. The first kappa shape index (κ1) is 13.3. The number of rotatable bonds is 4. The van der Waals surface area contributed by atoms with E-state index in [1.54, 1.807) is 31.6 Å². The number of aromatic amines is 1. The average Bonchev–Trinajstić information content (AvgIpc) is 2.96. The monoisotopic (exact) mass is 286 g/mol. The van der Waals surface area contributed by atoms with Gasteiger partial charge in [0.25, 0.3) is 0 Å². The molecule has 3 rings (SSSR count). The summed E-state index contributed by atoms with van der Waals surface area (Å²) >= 11 is 0. The molecule has 108 valence electrons. The maximum Gasteiger partial charge on any atom is 0.226 e. The molecule has 1 aromatic carbocycles. The normalized spacial score (nSPS) is 12.3. The van der Waals surface area contributed by atoms with E-state index < -0.39 is 0 Å². The number of halogens is 1. The lowest BCUT2D eigenvalue weighted by Crippen LogP contribution is -2.11. The number of nitrogens with zero attached hydrogens (tertiary/aromatic N) is 3. The van der Waals surface area contributed by atoms with Gasteiger partial charge in [-0.1, -0.05) is 18.2 Å². The maximum atomic E-state index is 13.8. The molecule has 0 amide bonds. The van der Waals surface area contributed by atoms with Gasteiger partial charge in [-0.25, -0.2) is 9.37 Å². The fourth-order valence-electron chi connectivity index (χ4n) is 2.16. The van der Waals surface area contributed by atoms with Crippen molar-refractivity contribution in [3.63, 3.8) is 0 Å². The zero-order chi connectivity index (χ0) is 14.8. The summed E-state index contributed by atoms with van der Waals surface area (Å²) < 4.78 is 13.8. The van der Waals surface area contributed by atoms with E-state index in [9.17, 15) is 4.39 Å². The lowest BCUT2D eigenvalue weighted by Gasteiger charge is -2.16. The van der Waals surface area contributed by atoms with E-state index in [0.717, 1.165) is 0 Å². The summed E-state index contributed by atoms with van der Waals surface area (Å²) in [5, 5.41) is 6.08. The van der Waals surface area contributed by atoms with Crippen LogP contribution in [0.25, 0.3) is 11.2 Å². The summed E-state index contributed by atoms with van der Waals surface area (Å²) in [6.07, 6.45) is 1.55. The van der Waals surface area contributed by atoms with Crippen molar-refractivity contribution in [3.8, 4) is 0 Å². The first-order chi connectivity index (χ1) is 10.2. The van der Waals surface area contributed by atoms with Crippen LogP contribution < -0.4 is 10.6 Å². The van der Waals surface area contributed by atoms with Crippen LogP contribution in [0.5, 0.6) is 0 Å². The highest BCUT2D eigenvalue weighted by Gasteiger charge is 2.15. The van der Waals surface area contributed by atoms with E-state index in [-0.39, 0.29) is 11.9 Å². The van der Waals surface area contributed by atoms with Gasteiger partial charge in [-0.15, -0.1) is 0 Å². The topological polar surface area (TPSA) is 78.5 Å². The number of anilines is 2. The molecule has 2 aromatic heterocycles. The third-order valence-electron chi connectivity index (χ3n) is 3.23. The van der Waals surface area contributed by atoms with Crippen LogP contribution in [0.2, 0.25) is 0 Å². The predicted octanol–water partition coefficient (Wildman–Crippen LogP) is 2.71. The van der Waals surface area contributed by atoms with E-state index in [2.05, 4.69) is 30.6 Å². The number of H-pyrrole nitrogens is 1. The number of hydrogen-bond donors (Lipinski definition) is 3. The molecule has 3 N–H and O–H groups in total. The molecule has 1 unspecified atom stereocenters. The van der Waals surface area contributed by atoms with Crippen LogP contribution in [0.1, 0.15) is 18.5 Å². The van der Waals surface area contributed by atoms with Crippen molar-refractivity contribution >= 4 is 22.9 Å². The Bertz CT molecular complexity index is 769. The van der Waals surface area contributed by atoms with Crippen LogP contribution in [0.15, 0.2) is 30.6 Å². The first-order valence-electron chi connectivity index (χ1n) is 6.59. The molecule has 0 saturated carbocycles. The van der Waals surface area contributed by atoms with Gasteiger partial charge in [0.1, 0.15) is 11.3 Å². The molecule has 6 nitrogen and oxygen atoms in total. The molecule has 0 radical (unpaired) electrons. The largest absolute Gasteiger partial charge is 0.361 e. The second-order valence-electron chi connectivity index (χ2n) is 4.63. The van der Waals surface area contributed by atoms with Gasteiger partial charge in [-0.3, -0.25) is 0 Å². The Balaban J connectivity index is 1.97. The van der Waals surface area contributed by atoms with Crippen LogP contribution >= 0.6 is 0 Å². The van der Waals surface area contributed by atoms with Crippen LogP contribution in [-0.4, -0.2) is 27.0 Å². The smallest absolute Gasteiger partial charge is 0.226 e. The van der Waals surface area contributed by atoms with Gasteiger partial charge in [0.2, 0.25) is 5.95 Å².